The molecule has 0 heterocycles. The van der Waals surface area contributed by atoms with E-state index in [1.54, 1.807) is 13.8 Å². The summed E-state index contributed by atoms with van der Waals surface area (Å²) >= 11 is 0. The maximum atomic E-state index is 9.83. The Morgan fingerprint density at radius 1 is 1.25 bits per heavy atom. The quantitative estimate of drug-likeness (QED) is 0.708. The minimum Gasteiger partial charge on any atom is -0.394 e. The van der Waals surface area contributed by atoms with E-state index < -0.39 is 5.60 Å². The van der Waals surface area contributed by atoms with Crippen LogP contribution in [0.1, 0.15) is 32.4 Å². The van der Waals surface area contributed by atoms with Gasteiger partial charge in [-0.05, 0) is 26.3 Å². The highest BCUT2D eigenvalue weighted by molar-refractivity contribution is 5.19. The molecule has 1 aromatic rings. The normalized spacial score (nSPS) is 15.8. The van der Waals surface area contributed by atoms with Crippen LogP contribution in [-0.2, 0) is 0 Å². The number of hydrogen-bond donors (Lipinski definition) is 3. The van der Waals surface area contributed by atoms with E-state index >= 15 is 0 Å². The Hall–Kier alpha value is -0.900. The second-order valence-corrected chi connectivity index (χ2v) is 4.69. The lowest BCUT2D eigenvalue weighted by molar-refractivity contribution is 0.0361. The molecule has 3 heteroatoms. The molecule has 3 nitrogen and oxygen atoms in total. The molecular formula is C13H21NO2. The van der Waals surface area contributed by atoms with Gasteiger partial charge in [0.05, 0.1) is 18.2 Å². The molecule has 0 fully saturated rings. The van der Waals surface area contributed by atoms with E-state index in [1.165, 1.54) is 0 Å². The molecule has 3 N–H and O–H groups in total. The minimum absolute atomic E-state index is 0.0183. The van der Waals surface area contributed by atoms with E-state index in [-0.39, 0.29) is 18.7 Å². The fourth-order valence-electron chi connectivity index (χ4n) is 1.45. The van der Waals surface area contributed by atoms with Crippen LogP contribution in [0.15, 0.2) is 30.3 Å². The average molecular weight is 223 g/mol. The molecule has 0 aromatic heterocycles. The van der Waals surface area contributed by atoms with Gasteiger partial charge in [0.15, 0.2) is 0 Å². The minimum atomic E-state index is -0.803. The van der Waals surface area contributed by atoms with Crippen molar-refractivity contribution in [3.63, 3.8) is 0 Å². The molecule has 0 saturated carbocycles. The molecule has 2 atom stereocenters. The van der Waals surface area contributed by atoms with Crippen LogP contribution in [0, 0.1) is 0 Å². The van der Waals surface area contributed by atoms with E-state index in [4.69, 9.17) is 0 Å². The summed E-state index contributed by atoms with van der Waals surface area (Å²) in [5.41, 5.74) is 0.225. The van der Waals surface area contributed by atoms with Crippen LogP contribution in [0.3, 0.4) is 0 Å². The largest absolute Gasteiger partial charge is 0.394 e. The summed E-state index contributed by atoms with van der Waals surface area (Å²) in [7, 11) is 0. The molecule has 0 amide bonds. The van der Waals surface area contributed by atoms with Gasteiger partial charge in [0.1, 0.15) is 0 Å². The number of nitrogens with one attached hydrogen (secondary N) is 1. The number of rotatable bonds is 5. The van der Waals surface area contributed by atoms with Gasteiger partial charge in [-0.3, -0.25) is 0 Å². The maximum Gasteiger partial charge on any atom is 0.0741 e. The predicted molar refractivity (Wildman–Crippen MR) is 65.2 cm³/mol. The Labute approximate surface area is 97.1 Å². The summed E-state index contributed by atoms with van der Waals surface area (Å²) in [6.45, 7) is 5.43. The highest BCUT2D eigenvalue weighted by Crippen LogP contribution is 2.16. The standard InChI is InChI=1S/C13H21NO2/c1-10(13(2,3)16)14-12(9-15)11-7-5-4-6-8-11/h4-8,10,12,14-16H,9H2,1-3H3/t10?,12-/m0/s1. The van der Waals surface area contributed by atoms with Crippen LogP contribution in [0.5, 0.6) is 0 Å². The zero-order valence-corrected chi connectivity index (χ0v) is 10.1. The molecule has 0 aliphatic carbocycles. The average Bonchev–Trinajstić information content (AvgIpc) is 2.25. The molecule has 0 aliphatic heterocycles. The summed E-state index contributed by atoms with van der Waals surface area (Å²) in [6, 6.07) is 9.52. The van der Waals surface area contributed by atoms with Crippen molar-refractivity contribution in [1.29, 1.82) is 0 Å². The first-order valence-electron chi connectivity index (χ1n) is 5.59. The Kier molecular flexibility index (Phi) is 4.47. The smallest absolute Gasteiger partial charge is 0.0741 e. The fraction of sp³-hybridized carbons (Fsp3) is 0.538. The lowest BCUT2D eigenvalue weighted by Crippen LogP contribution is -2.46. The van der Waals surface area contributed by atoms with Crippen molar-refractivity contribution in [3.8, 4) is 0 Å². The zero-order chi connectivity index (χ0) is 12.2. The van der Waals surface area contributed by atoms with Crippen molar-refractivity contribution in [2.24, 2.45) is 0 Å². The summed E-state index contributed by atoms with van der Waals surface area (Å²) < 4.78 is 0. The van der Waals surface area contributed by atoms with E-state index in [0.29, 0.717) is 0 Å². The van der Waals surface area contributed by atoms with Gasteiger partial charge in [-0.25, -0.2) is 0 Å². The number of benzene rings is 1. The first-order valence-corrected chi connectivity index (χ1v) is 5.59. The summed E-state index contributed by atoms with van der Waals surface area (Å²) in [5.74, 6) is 0. The lowest BCUT2D eigenvalue weighted by Gasteiger charge is -2.30. The van der Waals surface area contributed by atoms with Gasteiger partial charge in [-0.2, -0.15) is 0 Å². The first-order chi connectivity index (χ1) is 7.45. The monoisotopic (exact) mass is 223 g/mol. The van der Waals surface area contributed by atoms with Crippen LogP contribution in [0.2, 0.25) is 0 Å². The van der Waals surface area contributed by atoms with Crippen LogP contribution >= 0.6 is 0 Å². The molecule has 1 rings (SSSR count). The second kappa shape index (κ2) is 5.43. The molecule has 0 saturated heterocycles. The third-order valence-electron chi connectivity index (χ3n) is 2.90. The highest BCUT2D eigenvalue weighted by Gasteiger charge is 2.24. The molecular weight excluding hydrogens is 202 g/mol. The second-order valence-electron chi connectivity index (χ2n) is 4.69. The molecule has 0 spiro atoms. The molecule has 0 radical (unpaired) electrons. The van der Waals surface area contributed by atoms with E-state index in [1.807, 2.05) is 37.3 Å². The summed E-state index contributed by atoms with van der Waals surface area (Å²) in [5, 5.41) is 22.4. The molecule has 16 heavy (non-hydrogen) atoms. The van der Waals surface area contributed by atoms with Crippen molar-refractivity contribution >= 4 is 0 Å². The fourth-order valence-corrected chi connectivity index (χ4v) is 1.45. The Balaban J connectivity index is 2.70. The van der Waals surface area contributed by atoms with Crippen molar-refractivity contribution in [2.75, 3.05) is 6.61 Å². The molecule has 0 bridgehead atoms. The van der Waals surface area contributed by atoms with Gasteiger partial charge in [0.2, 0.25) is 0 Å². The number of aliphatic hydroxyl groups excluding tert-OH is 1. The Morgan fingerprint density at radius 2 is 1.81 bits per heavy atom. The molecule has 1 aromatic carbocycles. The van der Waals surface area contributed by atoms with Gasteiger partial charge < -0.3 is 15.5 Å². The van der Waals surface area contributed by atoms with Gasteiger partial charge in [-0.1, -0.05) is 30.3 Å². The zero-order valence-electron chi connectivity index (χ0n) is 10.1. The molecule has 90 valence electrons. The van der Waals surface area contributed by atoms with Crippen LogP contribution in [0.25, 0.3) is 0 Å². The Morgan fingerprint density at radius 3 is 2.25 bits per heavy atom. The first kappa shape index (κ1) is 13.2. The van der Waals surface area contributed by atoms with Crippen LogP contribution < -0.4 is 5.32 Å². The van der Waals surface area contributed by atoms with E-state index in [2.05, 4.69) is 5.32 Å². The summed E-state index contributed by atoms with van der Waals surface area (Å²) in [4.78, 5) is 0. The van der Waals surface area contributed by atoms with Crippen molar-refractivity contribution < 1.29 is 10.2 Å². The van der Waals surface area contributed by atoms with Crippen molar-refractivity contribution in [1.82, 2.24) is 5.32 Å². The van der Waals surface area contributed by atoms with Crippen molar-refractivity contribution in [2.45, 2.75) is 38.5 Å². The topological polar surface area (TPSA) is 52.5 Å². The van der Waals surface area contributed by atoms with E-state index in [0.717, 1.165) is 5.56 Å². The third kappa shape index (κ3) is 3.59. The highest BCUT2D eigenvalue weighted by atomic mass is 16.3. The third-order valence-corrected chi connectivity index (χ3v) is 2.90. The number of hydrogen-bond acceptors (Lipinski definition) is 3. The Bertz CT molecular complexity index is 305. The molecule has 0 aliphatic rings. The van der Waals surface area contributed by atoms with Crippen molar-refractivity contribution in [3.05, 3.63) is 35.9 Å². The van der Waals surface area contributed by atoms with Gasteiger partial charge in [0.25, 0.3) is 0 Å². The van der Waals surface area contributed by atoms with Gasteiger partial charge in [0, 0.05) is 6.04 Å². The summed E-state index contributed by atoms with van der Waals surface area (Å²) in [6.07, 6.45) is 0. The lowest BCUT2D eigenvalue weighted by atomic mass is 9.98. The van der Waals surface area contributed by atoms with Crippen LogP contribution in [0.4, 0.5) is 0 Å². The maximum absolute atomic E-state index is 9.83. The SMILES string of the molecule is CC(N[C@@H](CO)c1ccccc1)C(C)(C)O. The van der Waals surface area contributed by atoms with E-state index in [9.17, 15) is 10.2 Å². The molecule has 1 unspecified atom stereocenters. The van der Waals surface area contributed by atoms with Crippen LogP contribution in [-0.4, -0.2) is 28.5 Å². The number of aliphatic hydroxyl groups is 2. The predicted octanol–water partition coefficient (Wildman–Crippen LogP) is 1.47. The van der Waals surface area contributed by atoms with Gasteiger partial charge in [-0.15, -0.1) is 0 Å². The van der Waals surface area contributed by atoms with Gasteiger partial charge >= 0.3 is 0 Å².